The number of hydrogen-bond donors (Lipinski definition) is 2. The van der Waals surface area contributed by atoms with Crippen molar-refractivity contribution in [3.8, 4) is 0 Å². The number of rotatable bonds is 4. The number of methoxy groups -OCH3 is 1. The van der Waals surface area contributed by atoms with Crippen LogP contribution in [-0.2, 0) is 4.74 Å². The fourth-order valence-corrected chi connectivity index (χ4v) is 2.05. The number of nitrogens with one attached hydrogen (secondary N) is 1. The molecule has 1 fully saturated rings. The molecule has 1 saturated heterocycles. The number of aliphatic imine (C=N–C) groups is 1. The summed E-state index contributed by atoms with van der Waals surface area (Å²) in [4.78, 5) is 8.88. The van der Waals surface area contributed by atoms with Gasteiger partial charge >= 0.3 is 0 Å². The first-order valence-electron chi connectivity index (χ1n) is 6.10. The molecule has 0 saturated carbocycles. The molecular formula is C11H25N5O. The topological polar surface area (TPSA) is 66.1 Å². The summed E-state index contributed by atoms with van der Waals surface area (Å²) in [6.07, 6.45) is 2.41. The molecule has 0 aromatic carbocycles. The van der Waals surface area contributed by atoms with Crippen LogP contribution in [0.5, 0.6) is 0 Å². The predicted octanol–water partition coefficient (Wildman–Crippen LogP) is -0.522. The minimum absolute atomic E-state index is 0.574. The molecule has 1 rings (SSSR count). The lowest BCUT2D eigenvalue weighted by Crippen LogP contribution is -2.53. The van der Waals surface area contributed by atoms with E-state index in [9.17, 15) is 0 Å². The zero-order chi connectivity index (χ0) is 12.7. The lowest BCUT2D eigenvalue weighted by atomic mass is 10.1. The van der Waals surface area contributed by atoms with E-state index < -0.39 is 0 Å². The largest absolute Gasteiger partial charge is 0.383 e. The molecule has 1 aliphatic heterocycles. The molecule has 0 bridgehead atoms. The molecule has 17 heavy (non-hydrogen) atoms. The van der Waals surface area contributed by atoms with Crippen LogP contribution in [0.25, 0.3) is 0 Å². The number of nitrogens with two attached hydrogens (primary N) is 1. The summed E-state index contributed by atoms with van der Waals surface area (Å²) >= 11 is 0. The van der Waals surface area contributed by atoms with Gasteiger partial charge in [0.1, 0.15) is 0 Å². The summed E-state index contributed by atoms with van der Waals surface area (Å²) in [5.74, 6) is 6.30. The average Bonchev–Trinajstić information content (AvgIpc) is 2.35. The molecule has 0 aromatic rings. The molecular weight excluding hydrogens is 218 g/mol. The van der Waals surface area contributed by atoms with E-state index in [2.05, 4.69) is 34.3 Å². The summed E-state index contributed by atoms with van der Waals surface area (Å²) < 4.78 is 4.98. The number of guanidine groups is 1. The van der Waals surface area contributed by atoms with E-state index in [0.717, 1.165) is 19.0 Å². The van der Waals surface area contributed by atoms with Crippen molar-refractivity contribution in [2.75, 3.05) is 47.4 Å². The molecule has 6 nitrogen and oxygen atoms in total. The third-order valence-corrected chi connectivity index (χ3v) is 3.11. The van der Waals surface area contributed by atoms with Gasteiger partial charge in [0.05, 0.1) is 13.2 Å². The lowest BCUT2D eigenvalue weighted by molar-refractivity contribution is 0.179. The zero-order valence-corrected chi connectivity index (χ0v) is 11.1. The molecule has 1 atom stereocenters. The van der Waals surface area contributed by atoms with Gasteiger partial charge in [-0.1, -0.05) is 0 Å². The first-order chi connectivity index (χ1) is 8.19. The Balaban J connectivity index is 2.53. The molecule has 0 spiro atoms. The van der Waals surface area contributed by atoms with Crippen molar-refractivity contribution in [1.29, 1.82) is 0 Å². The number of hydrogen-bond acceptors (Lipinski definition) is 4. The summed E-state index contributed by atoms with van der Waals surface area (Å²) in [6, 6.07) is 0.574. The maximum atomic E-state index is 5.53. The van der Waals surface area contributed by atoms with E-state index >= 15 is 0 Å². The van der Waals surface area contributed by atoms with Crippen LogP contribution in [0.2, 0.25) is 0 Å². The highest BCUT2D eigenvalue weighted by Crippen LogP contribution is 2.13. The maximum Gasteiger partial charge on any atom is 0.208 e. The number of nitrogens with zero attached hydrogens (tertiary/aromatic N) is 3. The van der Waals surface area contributed by atoms with Gasteiger partial charge in [0.15, 0.2) is 0 Å². The first-order valence-corrected chi connectivity index (χ1v) is 6.10. The van der Waals surface area contributed by atoms with Gasteiger partial charge in [-0.15, -0.1) is 0 Å². The maximum absolute atomic E-state index is 5.53. The Kier molecular flexibility index (Phi) is 6.25. The Morgan fingerprint density at radius 2 is 2.35 bits per heavy atom. The highest BCUT2D eigenvalue weighted by Gasteiger charge is 2.23. The monoisotopic (exact) mass is 243 g/mol. The van der Waals surface area contributed by atoms with Crippen molar-refractivity contribution in [2.24, 2.45) is 10.8 Å². The lowest BCUT2D eigenvalue weighted by Gasteiger charge is -2.37. The van der Waals surface area contributed by atoms with Gasteiger partial charge in [0.2, 0.25) is 5.96 Å². The van der Waals surface area contributed by atoms with E-state index in [0.29, 0.717) is 19.2 Å². The van der Waals surface area contributed by atoms with Crippen molar-refractivity contribution in [3.05, 3.63) is 0 Å². The molecule has 0 amide bonds. The number of piperidine rings is 1. The molecule has 1 heterocycles. The average molecular weight is 243 g/mol. The van der Waals surface area contributed by atoms with Crippen LogP contribution in [0.1, 0.15) is 12.8 Å². The highest BCUT2D eigenvalue weighted by atomic mass is 16.5. The number of likely N-dealkylation sites (tertiary alicyclic amines) is 1. The van der Waals surface area contributed by atoms with Crippen molar-refractivity contribution in [2.45, 2.75) is 18.9 Å². The van der Waals surface area contributed by atoms with Crippen LogP contribution in [0.15, 0.2) is 4.99 Å². The molecule has 0 aliphatic carbocycles. The van der Waals surface area contributed by atoms with Crippen molar-refractivity contribution >= 4 is 5.96 Å². The van der Waals surface area contributed by atoms with Gasteiger partial charge in [0.25, 0.3) is 0 Å². The van der Waals surface area contributed by atoms with Gasteiger partial charge < -0.3 is 14.5 Å². The summed E-state index contributed by atoms with van der Waals surface area (Å²) in [5, 5.41) is 0. The normalized spacial score (nSPS) is 22.1. The van der Waals surface area contributed by atoms with Crippen LogP contribution < -0.4 is 11.3 Å². The van der Waals surface area contributed by atoms with Crippen LogP contribution in [0, 0.1) is 0 Å². The van der Waals surface area contributed by atoms with Crippen LogP contribution >= 0.6 is 0 Å². The molecule has 3 N–H and O–H groups in total. The predicted molar refractivity (Wildman–Crippen MR) is 69.8 cm³/mol. The fraction of sp³-hybridized carbons (Fsp3) is 0.909. The molecule has 0 radical (unpaired) electrons. The number of ether oxygens (including phenoxy) is 1. The quantitative estimate of drug-likeness (QED) is 0.229. The smallest absolute Gasteiger partial charge is 0.208 e. The molecule has 1 aliphatic rings. The molecule has 1 unspecified atom stereocenters. The minimum atomic E-state index is 0.574. The Morgan fingerprint density at radius 3 is 2.94 bits per heavy atom. The van der Waals surface area contributed by atoms with Gasteiger partial charge in [-0.3, -0.25) is 5.43 Å². The third kappa shape index (κ3) is 4.49. The van der Waals surface area contributed by atoms with E-state index in [4.69, 9.17) is 10.6 Å². The minimum Gasteiger partial charge on any atom is -0.383 e. The Bertz CT molecular complexity index is 244. The Hall–Kier alpha value is -0.850. The summed E-state index contributed by atoms with van der Waals surface area (Å²) in [5.41, 5.74) is 2.69. The number of likely N-dealkylation sites (N-methyl/N-ethyl adjacent to an activating group) is 1. The van der Waals surface area contributed by atoms with Crippen LogP contribution in [0.4, 0.5) is 0 Å². The third-order valence-electron chi connectivity index (χ3n) is 3.11. The molecule has 100 valence electrons. The van der Waals surface area contributed by atoms with E-state index in [-0.39, 0.29) is 0 Å². The summed E-state index contributed by atoms with van der Waals surface area (Å²) in [6.45, 7) is 3.25. The second-order valence-corrected chi connectivity index (χ2v) is 4.55. The van der Waals surface area contributed by atoms with Crippen molar-refractivity contribution in [1.82, 2.24) is 15.2 Å². The van der Waals surface area contributed by atoms with Gasteiger partial charge in [-0.2, -0.15) is 0 Å². The van der Waals surface area contributed by atoms with Crippen molar-refractivity contribution < 1.29 is 4.74 Å². The zero-order valence-electron chi connectivity index (χ0n) is 11.1. The second kappa shape index (κ2) is 7.47. The molecule has 6 heteroatoms. The van der Waals surface area contributed by atoms with Crippen molar-refractivity contribution in [3.63, 3.8) is 0 Å². The van der Waals surface area contributed by atoms with Crippen LogP contribution in [-0.4, -0.2) is 69.2 Å². The van der Waals surface area contributed by atoms with Gasteiger partial charge in [-0.05, 0) is 26.9 Å². The first kappa shape index (κ1) is 14.2. The number of hydrazine groups is 1. The second-order valence-electron chi connectivity index (χ2n) is 4.55. The van der Waals surface area contributed by atoms with E-state index in [1.165, 1.54) is 12.8 Å². The van der Waals surface area contributed by atoms with Crippen LogP contribution in [0.3, 0.4) is 0 Å². The Labute approximate surface area is 104 Å². The molecule has 0 aromatic heterocycles. The standard InChI is InChI=1S/C11H25N5O/c1-15(2)10-5-4-7-16(9-10)11(14-12)13-6-8-17-3/h10H,4-9,12H2,1-3H3,(H,13,14). The van der Waals surface area contributed by atoms with Gasteiger partial charge in [0, 0.05) is 26.2 Å². The Morgan fingerprint density at radius 1 is 1.59 bits per heavy atom. The van der Waals surface area contributed by atoms with E-state index in [1.807, 2.05) is 0 Å². The SMILES string of the molecule is COCCN=C(NN)N1CCCC(N(C)C)C1. The highest BCUT2D eigenvalue weighted by molar-refractivity contribution is 5.79. The van der Waals surface area contributed by atoms with Gasteiger partial charge in [-0.25, -0.2) is 10.8 Å². The van der Waals surface area contributed by atoms with E-state index in [1.54, 1.807) is 7.11 Å². The summed E-state index contributed by atoms with van der Waals surface area (Å²) in [7, 11) is 5.91. The fourth-order valence-electron chi connectivity index (χ4n) is 2.05.